The van der Waals surface area contributed by atoms with E-state index in [0.29, 0.717) is 13.2 Å². The van der Waals surface area contributed by atoms with Crippen LogP contribution in [0.2, 0.25) is 0 Å². The Labute approximate surface area is 145 Å². The van der Waals surface area contributed by atoms with E-state index in [4.69, 9.17) is 9.47 Å². The van der Waals surface area contributed by atoms with E-state index in [1.54, 1.807) is 7.11 Å². The molecule has 0 aliphatic carbocycles. The fourth-order valence-electron chi connectivity index (χ4n) is 2.77. The number of aromatic nitrogens is 2. The average molecular weight is 331 g/mol. The van der Waals surface area contributed by atoms with Gasteiger partial charge < -0.3 is 14.8 Å². The summed E-state index contributed by atoms with van der Waals surface area (Å²) < 4.78 is 12.9. The predicted molar refractivity (Wildman–Crippen MR) is 96.2 cm³/mol. The summed E-state index contributed by atoms with van der Waals surface area (Å²) in [5.41, 5.74) is 4.64. The first-order valence-corrected chi connectivity index (χ1v) is 8.59. The minimum Gasteiger partial charge on any atom is -0.496 e. The molecule has 2 rings (SSSR count). The second-order valence-corrected chi connectivity index (χ2v) is 5.91. The zero-order valence-electron chi connectivity index (χ0n) is 15.4. The van der Waals surface area contributed by atoms with Gasteiger partial charge in [-0.05, 0) is 45.4 Å². The molecule has 0 radical (unpaired) electrons. The Kier molecular flexibility index (Phi) is 6.82. The van der Waals surface area contributed by atoms with E-state index in [1.165, 1.54) is 11.1 Å². The number of ether oxygens (including phenoxy) is 2. The highest BCUT2D eigenvalue weighted by Crippen LogP contribution is 2.22. The topological polar surface area (TPSA) is 48.3 Å². The van der Waals surface area contributed by atoms with E-state index in [2.05, 4.69) is 49.5 Å². The van der Waals surface area contributed by atoms with Crippen molar-refractivity contribution >= 4 is 0 Å². The average Bonchev–Trinajstić information content (AvgIpc) is 2.98. The van der Waals surface area contributed by atoms with Crippen molar-refractivity contribution in [3.63, 3.8) is 0 Å². The van der Waals surface area contributed by atoms with Gasteiger partial charge in [0.15, 0.2) is 0 Å². The third-order valence-electron chi connectivity index (χ3n) is 4.19. The summed E-state index contributed by atoms with van der Waals surface area (Å²) in [6, 6.07) is 6.51. The van der Waals surface area contributed by atoms with Gasteiger partial charge in [0.1, 0.15) is 5.75 Å². The molecular formula is C19H29N3O2. The quantitative estimate of drug-likeness (QED) is 0.762. The fourth-order valence-corrected chi connectivity index (χ4v) is 2.77. The number of benzene rings is 1. The highest BCUT2D eigenvalue weighted by molar-refractivity contribution is 5.37. The van der Waals surface area contributed by atoms with Crippen LogP contribution in [0.1, 0.15) is 49.2 Å². The highest BCUT2D eigenvalue weighted by atomic mass is 16.5. The van der Waals surface area contributed by atoms with Crippen molar-refractivity contribution in [2.75, 3.05) is 13.7 Å². The summed E-state index contributed by atoms with van der Waals surface area (Å²) in [5.74, 6) is 0.875. The third kappa shape index (κ3) is 4.58. The van der Waals surface area contributed by atoms with Crippen LogP contribution in [0.25, 0.3) is 0 Å². The third-order valence-corrected chi connectivity index (χ3v) is 4.19. The van der Waals surface area contributed by atoms with E-state index in [0.717, 1.165) is 30.1 Å². The predicted octanol–water partition coefficient (Wildman–Crippen LogP) is 3.61. The number of aryl methyl sites for hydroxylation is 2. The van der Waals surface area contributed by atoms with E-state index in [1.807, 2.05) is 17.7 Å². The molecule has 1 aromatic heterocycles. The monoisotopic (exact) mass is 331 g/mol. The number of nitrogens with one attached hydrogen (secondary N) is 1. The van der Waals surface area contributed by atoms with E-state index >= 15 is 0 Å². The second kappa shape index (κ2) is 8.85. The molecule has 1 atom stereocenters. The lowest BCUT2D eigenvalue weighted by Gasteiger charge is -2.15. The first-order chi connectivity index (χ1) is 11.6. The first kappa shape index (κ1) is 18.5. The molecule has 132 valence electrons. The minimum absolute atomic E-state index is 0.253. The maximum atomic E-state index is 5.53. The summed E-state index contributed by atoms with van der Waals surface area (Å²) in [6.45, 7) is 11.3. The molecule has 0 fully saturated rings. The Morgan fingerprint density at radius 1 is 1.29 bits per heavy atom. The van der Waals surface area contributed by atoms with Gasteiger partial charge in [0.2, 0.25) is 0 Å². The summed E-state index contributed by atoms with van der Waals surface area (Å²) >= 11 is 0. The van der Waals surface area contributed by atoms with Crippen LogP contribution in [0, 0.1) is 6.92 Å². The number of hydrogen-bond acceptors (Lipinski definition) is 4. The molecule has 0 bridgehead atoms. The lowest BCUT2D eigenvalue weighted by molar-refractivity contribution is 0.132. The Balaban J connectivity index is 2.03. The molecule has 0 spiro atoms. The van der Waals surface area contributed by atoms with Gasteiger partial charge in [-0.15, -0.1) is 0 Å². The Hall–Kier alpha value is -1.85. The van der Waals surface area contributed by atoms with Gasteiger partial charge in [-0.2, -0.15) is 5.10 Å². The molecule has 5 nitrogen and oxygen atoms in total. The maximum absolute atomic E-state index is 5.53. The van der Waals surface area contributed by atoms with Gasteiger partial charge in [-0.1, -0.05) is 6.07 Å². The van der Waals surface area contributed by atoms with E-state index in [9.17, 15) is 0 Å². The summed E-state index contributed by atoms with van der Waals surface area (Å²) in [4.78, 5) is 0. The van der Waals surface area contributed by atoms with Crippen molar-refractivity contribution in [2.24, 2.45) is 0 Å². The van der Waals surface area contributed by atoms with Gasteiger partial charge in [0.05, 0.1) is 19.4 Å². The SMILES string of the molecule is CCOCc1cc(CNC(C)c2cn(CC)nc2C)ccc1OC. The molecule has 1 N–H and O–H groups in total. The molecule has 0 saturated heterocycles. The van der Waals surface area contributed by atoms with Crippen molar-refractivity contribution in [2.45, 2.75) is 53.4 Å². The smallest absolute Gasteiger partial charge is 0.124 e. The number of rotatable bonds is 9. The summed E-state index contributed by atoms with van der Waals surface area (Å²) in [6.07, 6.45) is 2.13. The highest BCUT2D eigenvalue weighted by Gasteiger charge is 2.12. The molecule has 0 aliphatic heterocycles. The Morgan fingerprint density at radius 3 is 2.71 bits per heavy atom. The van der Waals surface area contributed by atoms with Crippen LogP contribution in [-0.2, 0) is 24.4 Å². The molecule has 1 aromatic carbocycles. The summed E-state index contributed by atoms with van der Waals surface area (Å²) in [5, 5.41) is 8.10. The van der Waals surface area contributed by atoms with Crippen LogP contribution in [-0.4, -0.2) is 23.5 Å². The van der Waals surface area contributed by atoms with Crippen molar-refractivity contribution in [1.29, 1.82) is 0 Å². The Bertz CT molecular complexity index is 652. The van der Waals surface area contributed by atoms with Crippen LogP contribution in [0.15, 0.2) is 24.4 Å². The van der Waals surface area contributed by atoms with E-state index < -0.39 is 0 Å². The van der Waals surface area contributed by atoms with E-state index in [-0.39, 0.29) is 6.04 Å². The van der Waals surface area contributed by atoms with Crippen molar-refractivity contribution in [3.05, 3.63) is 46.8 Å². The van der Waals surface area contributed by atoms with Crippen LogP contribution in [0.4, 0.5) is 0 Å². The van der Waals surface area contributed by atoms with Gasteiger partial charge in [-0.3, -0.25) is 4.68 Å². The van der Waals surface area contributed by atoms with Gasteiger partial charge >= 0.3 is 0 Å². The molecule has 5 heteroatoms. The van der Waals surface area contributed by atoms with Gasteiger partial charge in [0.25, 0.3) is 0 Å². The number of methoxy groups -OCH3 is 1. The fraction of sp³-hybridized carbons (Fsp3) is 0.526. The Morgan fingerprint density at radius 2 is 2.08 bits per heavy atom. The van der Waals surface area contributed by atoms with Crippen LogP contribution < -0.4 is 10.1 Å². The summed E-state index contributed by atoms with van der Waals surface area (Å²) in [7, 11) is 1.69. The standard InChI is InChI=1S/C19H29N3O2/c1-6-22-12-18(15(4)21-22)14(3)20-11-16-8-9-19(23-5)17(10-16)13-24-7-2/h8-10,12,14,20H,6-7,11,13H2,1-5H3. The molecule has 2 aromatic rings. The van der Waals surface area contributed by atoms with Gasteiger partial charge in [0, 0.05) is 43.1 Å². The molecule has 0 amide bonds. The number of hydrogen-bond donors (Lipinski definition) is 1. The van der Waals surface area contributed by atoms with Crippen LogP contribution in [0.3, 0.4) is 0 Å². The lowest BCUT2D eigenvalue weighted by atomic mass is 10.1. The normalized spacial score (nSPS) is 12.4. The molecule has 24 heavy (non-hydrogen) atoms. The number of nitrogens with zero attached hydrogens (tertiary/aromatic N) is 2. The van der Waals surface area contributed by atoms with Crippen LogP contribution >= 0.6 is 0 Å². The van der Waals surface area contributed by atoms with Gasteiger partial charge in [-0.25, -0.2) is 0 Å². The molecule has 0 saturated carbocycles. The maximum Gasteiger partial charge on any atom is 0.124 e. The molecule has 1 unspecified atom stereocenters. The molecule has 1 heterocycles. The molecular weight excluding hydrogens is 302 g/mol. The van der Waals surface area contributed by atoms with Crippen LogP contribution in [0.5, 0.6) is 5.75 Å². The zero-order chi connectivity index (χ0) is 17.5. The zero-order valence-corrected chi connectivity index (χ0v) is 15.4. The molecule has 0 aliphatic rings. The second-order valence-electron chi connectivity index (χ2n) is 5.91. The van der Waals surface area contributed by atoms with Crippen molar-refractivity contribution in [1.82, 2.24) is 15.1 Å². The minimum atomic E-state index is 0.253. The lowest BCUT2D eigenvalue weighted by Crippen LogP contribution is -2.18. The van der Waals surface area contributed by atoms with Crippen molar-refractivity contribution in [3.8, 4) is 5.75 Å². The largest absolute Gasteiger partial charge is 0.496 e. The first-order valence-electron chi connectivity index (χ1n) is 8.59. The van der Waals surface area contributed by atoms with Crippen molar-refractivity contribution < 1.29 is 9.47 Å².